The molecule has 0 spiro atoms. The van der Waals surface area contributed by atoms with Crippen LogP contribution in [0.25, 0.3) is 0 Å². The van der Waals surface area contributed by atoms with Crippen LogP contribution >= 0.6 is 0 Å². The third-order valence-corrected chi connectivity index (χ3v) is 3.52. The molecule has 0 amide bonds. The number of aromatic nitrogens is 1. The Kier molecular flexibility index (Phi) is 5.75. The Bertz CT molecular complexity index is 508. The molecule has 0 aliphatic rings. The van der Waals surface area contributed by atoms with Gasteiger partial charge in [0.25, 0.3) is 0 Å². The Morgan fingerprint density at radius 3 is 2.55 bits per heavy atom. The van der Waals surface area contributed by atoms with E-state index in [-0.39, 0.29) is 0 Å². The van der Waals surface area contributed by atoms with Crippen molar-refractivity contribution in [1.29, 1.82) is 0 Å². The van der Waals surface area contributed by atoms with Crippen LogP contribution in [0.3, 0.4) is 0 Å². The third-order valence-electron chi connectivity index (χ3n) is 3.52. The first-order chi connectivity index (χ1) is 9.79. The highest BCUT2D eigenvalue weighted by Gasteiger charge is 2.10. The van der Waals surface area contributed by atoms with E-state index >= 15 is 0 Å². The Balaban J connectivity index is 2.01. The van der Waals surface area contributed by atoms with E-state index in [9.17, 15) is 0 Å². The smallest absolute Gasteiger partial charge is 0.0545 e. The van der Waals surface area contributed by atoms with Crippen LogP contribution in [-0.2, 0) is 6.54 Å². The van der Waals surface area contributed by atoms with Crippen molar-refractivity contribution in [3.05, 3.63) is 65.5 Å². The van der Waals surface area contributed by atoms with Crippen molar-refractivity contribution < 1.29 is 0 Å². The summed E-state index contributed by atoms with van der Waals surface area (Å²) in [4.78, 5) is 4.56. The molecule has 0 saturated heterocycles. The summed E-state index contributed by atoms with van der Waals surface area (Å²) in [6.45, 7) is 5.10. The van der Waals surface area contributed by atoms with Gasteiger partial charge in [0, 0.05) is 18.3 Å². The predicted molar refractivity (Wildman–Crippen MR) is 84.5 cm³/mol. The molecule has 2 nitrogen and oxygen atoms in total. The molecule has 106 valence electrons. The van der Waals surface area contributed by atoms with E-state index in [4.69, 9.17) is 0 Å². The molecule has 2 rings (SSSR count). The average Bonchev–Trinajstić information content (AvgIpc) is 2.48. The number of aryl methyl sites for hydroxylation is 1. The molecular weight excluding hydrogens is 244 g/mol. The molecule has 1 N–H and O–H groups in total. The van der Waals surface area contributed by atoms with Crippen LogP contribution in [0.5, 0.6) is 0 Å². The number of rotatable bonds is 7. The molecule has 0 fully saturated rings. The second-order valence-corrected chi connectivity index (χ2v) is 5.26. The van der Waals surface area contributed by atoms with Crippen molar-refractivity contribution in [1.82, 2.24) is 10.3 Å². The monoisotopic (exact) mass is 268 g/mol. The lowest BCUT2D eigenvalue weighted by Crippen LogP contribution is -2.21. The maximum Gasteiger partial charge on any atom is 0.0545 e. The van der Waals surface area contributed by atoms with Gasteiger partial charge in [0.2, 0.25) is 0 Å². The Morgan fingerprint density at radius 2 is 1.85 bits per heavy atom. The van der Waals surface area contributed by atoms with E-state index in [0.29, 0.717) is 6.04 Å². The van der Waals surface area contributed by atoms with E-state index in [1.807, 2.05) is 13.0 Å². The molecule has 1 aromatic heterocycles. The lowest BCUT2D eigenvalue weighted by Gasteiger charge is -2.19. The molecule has 1 aromatic carbocycles. The van der Waals surface area contributed by atoms with Crippen molar-refractivity contribution in [3.8, 4) is 0 Å². The zero-order chi connectivity index (χ0) is 14.2. The van der Waals surface area contributed by atoms with Gasteiger partial charge in [0.15, 0.2) is 0 Å². The minimum absolute atomic E-state index is 0.415. The van der Waals surface area contributed by atoms with Gasteiger partial charge >= 0.3 is 0 Å². The SMILES string of the molecule is CCCCC(NCc1cccc(C)n1)c1ccccc1. The van der Waals surface area contributed by atoms with Crippen molar-refractivity contribution in [3.63, 3.8) is 0 Å². The van der Waals surface area contributed by atoms with Gasteiger partial charge in [0.05, 0.1) is 5.69 Å². The second kappa shape index (κ2) is 7.81. The van der Waals surface area contributed by atoms with Crippen molar-refractivity contribution in [2.75, 3.05) is 0 Å². The molecule has 20 heavy (non-hydrogen) atoms. The van der Waals surface area contributed by atoms with Crippen molar-refractivity contribution in [2.24, 2.45) is 0 Å². The number of pyridine rings is 1. The quantitative estimate of drug-likeness (QED) is 0.804. The van der Waals surface area contributed by atoms with Gasteiger partial charge in [-0.05, 0) is 31.0 Å². The van der Waals surface area contributed by atoms with E-state index in [1.165, 1.54) is 24.8 Å². The standard InChI is InChI=1S/C18H24N2/c1-3-4-13-18(16-10-6-5-7-11-16)19-14-17-12-8-9-15(2)20-17/h5-12,18-19H,3-4,13-14H2,1-2H3. The first kappa shape index (κ1) is 14.7. The lowest BCUT2D eigenvalue weighted by molar-refractivity contribution is 0.477. The van der Waals surface area contributed by atoms with Crippen LogP contribution in [0.4, 0.5) is 0 Å². The van der Waals surface area contributed by atoms with Gasteiger partial charge in [-0.25, -0.2) is 0 Å². The first-order valence-corrected chi connectivity index (χ1v) is 7.50. The van der Waals surface area contributed by atoms with Gasteiger partial charge < -0.3 is 5.32 Å². The van der Waals surface area contributed by atoms with Gasteiger partial charge in [-0.15, -0.1) is 0 Å². The first-order valence-electron chi connectivity index (χ1n) is 7.50. The number of nitrogens with zero attached hydrogens (tertiary/aromatic N) is 1. The molecule has 0 aliphatic carbocycles. The summed E-state index contributed by atoms with van der Waals surface area (Å²) in [5.41, 5.74) is 3.56. The third kappa shape index (κ3) is 4.46. The average molecular weight is 268 g/mol. The van der Waals surface area contributed by atoms with Crippen LogP contribution in [0, 0.1) is 6.92 Å². The second-order valence-electron chi connectivity index (χ2n) is 5.26. The normalized spacial score (nSPS) is 12.3. The minimum Gasteiger partial charge on any atom is -0.304 e. The molecule has 0 saturated carbocycles. The Morgan fingerprint density at radius 1 is 1.05 bits per heavy atom. The predicted octanol–water partition coefficient (Wildman–Crippen LogP) is 4.41. The van der Waals surface area contributed by atoms with Crippen LogP contribution in [0.15, 0.2) is 48.5 Å². The highest BCUT2D eigenvalue weighted by Crippen LogP contribution is 2.19. The molecule has 1 atom stereocenters. The van der Waals surface area contributed by atoms with Crippen molar-refractivity contribution >= 4 is 0 Å². The number of benzene rings is 1. The van der Waals surface area contributed by atoms with Crippen LogP contribution in [0.1, 0.15) is 49.2 Å². The summed E-state index contributed by atoms with van der Waals surface area (Å²) in [5, 5.41) is 3.65. The maximum absolute atomic E-state index is 4.56. The summed E-state index contributed by atoms with van der Waals surface area (Å²) in [6.07, 6.45) is 3.65. The maximum atomic E-state index is 4.56. The molecule has 2 heteroatoms. The fourth-order valence-electron chi connectivity index (χ4n) is 2.41. The summed E-state index contributed by atoms with van der Waals surface area (Å²) in [5.74, 6) is 0. The summed E-state index contributed by atoms with van der Waals surface area (Å²) in [6, 6.07) is 17.3. The topological polar surface area (TPSA) is 24.9 Å². The minimum atomic E-state index is 0.415. The molecule has 0 radical (unpaired) electrons. The van der Waals surface area contributed by atoms with Gasteiger partial charge in [-0.1, -0.05) is 56.2 Å². The Hall–Kier alpha value is -1.67. The highest BCUT2D eigenvalue weighted by molar-refractivity contribution is 5.19. The number of hydrogen-bond acceptors (Lipinski definition) is 2. The lowest BCUT2D eigenvalue weighted by atomic mass is 10.0. The molecule has 2 aromatic rings. The van der Waals surface area contributed by atoms with Gasteiger partial charge in [-0.3, -0.25) is 4.98 Å². The molecular formula is C18H24N2. The number of unbranched alkanes of at least 4 members (excludes halogenated alkanes) is 1. The van der Waals surface area contributed by atoms with Crippen LogP contribution in [-0.4, -0.2) is 4.98 Å². The van der Waals surface area contributed by atoms with Gasteiger partial charge in [0.1, 0.15) is 0 Å². The highest BCUT2D eigenvalue weighted by atomic mass is 14.9. The summed E-state index contributed by atoms with van der Waals surface area (Å²) in [7, 11) is 0. The van der Waals surface area contributed by atoms with Crippen molar-refractivity contribution in [2.45, 2.75) is 45.7 Å². The molecule has 0 aliphatic heterocycles. The van der Waals surface area contributed by atoms with E-state index in [0.717, 1.165) is 17.9 Å². The van der Waals surface area contributed by atoms with E-state index in [1.54, 1.807) is 0 Å². The fourth-order valence-corrected chi connectivity index (χ4v) is 2.41. The largest absolute Gasteiger partial charge is 0.304 e. The summed E-state index contributed by atoms with van der Waals surface area (Å²) >= 11 is 0. The van der Waals surface area contributed by atoms with Crippen LogP contribution in [0.2, 0.25) is 0 Å². The van der Waals surface area contributed by atoms with Crippen LogP contribution < -0.4 is 5.32 Å². The van der Waals surface area contributed by atoms with Gasteiger partial charge in [-0.2, -0.15) is 0 Å². The fraction of sp³-hybridized carbons (Fsp3) is 0.389. The van der Waals surface area contributed by atoms with E-state index < -0.39 is 0 Å². The molecule has 0 bridgehead atoms. The summed E-state index contributed by atoms with van der Waals surface area (Å²) < 4.78 is 0. The van der Waals surface area contributed by atoms with E-state index in [2.05, 4.69) is 59.7 Å². The zero-order valence-corrected chi connectivity index (χ0v) is 12.5. The molecule has 1 heterocycles. The molecule has 1 unspecified atom stereocenters. The number of nitrogens with one attached hydrogen (secondary N) is 1. The number of hydrogen-bond donors (Lipinski definition) is 1. The Labute approximate surface area is 122 Å². The zero-order valence-electron chi connectivity index (χ0n) is 12.5.